The van der Waals surface area contributed by atoms with E-state index in [1.54, 1.807) is 0 Å². The third kappa shape index (κ3) is 6.53. The molecule has 0 spiro atoms. The van der Waals surface area contributed by atoms with E-state index in [4.69, 9.17) is 9.51 Å². The summed E-state index contributed by atoms with van der Waals surface area (Å²) in [6, 6.07) is 25.8. The summed E-state index contributed by atoms with van der Waals surface area (Å²) in [4.78, 5) is 33.0. The maximum absolute atomic E-state index is 14.0. The fraction of sp³-hybridized carbons (Fsp3) is 0.250. The summed E-state index contributed by atoms with van der Waals surface area (Å²) in [7, 11) is 0. The second-order valence-corrected chi connectivity index (χ2v) is 9.81. The number of unbranched alkanes of at least 4 members (excludes halogenated alkanes) is 1. The van der Waals surface area contributed by atoms with Crippen LogP contribution >= 0.6 is 0 Å². The van der Waals surface area contributed by atoms with Gasteiger partial charge in [-0.05, 0) is 48.9 Å². The van der Waals surface area contributed by atoms with Gasteiger partial charge in [0.05, 0.1) is 11.7 Å². The van der Waals surface area contributed by atoms with Gasteiger partial charge in [0.25, 0.3) is 5.56 Å². The molecule has 0 bridgehead atoms. The molecule has 1 radical (unpaired) electrons. The molecule has 1 N–H and O–H groups in total. The van der Waals surface area contributed by atoms with Gasteiger partial charge >= 0.3 is 5.76 Å². The monoisotopic (exact) mass is 559 g/mol. The van der Waals surface area contributed by atoms with E-state index < -0.39 is 5.76 Å². The number of H-pyrrole nitrogens is 1. The zero-order valence-corrected chi connectivity index (χ0v) is 26.6. The molecule has 0 aliphatic carbocycles. The maximum atomic E-state index is 14.0. The van der Waals surface area contributed by atoms with Gasteiger partial charge in [0.1, 0.15) is 5.82 Å². The molecule has 2 aromatic heterocycles. The van der Waals surface area contributed by atoms with E-state index in [1.807, 2.05) is 90.4 Å². The molecule has 3 aromatic carbocycles. The van der Waals surface area contributed by atoms with Crippen LogP contribution in [0.3, 0.4) is 0 Å². The molecule has 0 aliphatic heterocycles. The second-order valence-electron chi connectivity index (χ2n) is 9.81. The summed E-state index contributed by atoms with van der Waals surface area (Å²) in [6.07, 6.45) is 3.31. The average molecular weight is 560 g/mol. The first-order chi connectivity index (χ1) is 19.0. The van der Waals surface area contributed by atoms with E-state index in [0.717, 1.165) is 64.2 Å². The van der Waals surface area contributed by atoms with Crippen LogP contribution in [0.2, 0.25) is 0 Å². The smallest absolute Gasteiger partial charge is 0.296 e. The number of aromatic nitrogens is 4. The SMILES string of the molecule is CCCCc1nc(C)n(C(C)c2ccccc2)c(=O)c1Cc1ccc(-c2ccccc2-c2noc(=O)[nH]2)cc1.[K]. The molecule has 1 atom stereocenters. The molecule has 0 aliphatic rings. The summed E-state index contributed by atoms with van der Waals surface area (Å²) in [5.74, 6) is 0.538. The third-order valence-electron chi connectivity index (χ3n) is 7.18. The van der Waals surface area contributed by atoms with Crippen LogP contribution in [0, 0.1) is 6.92 Å². The van der Waals surface area contributed by atoms with Crippen molar-refractivity contribution in [2.75, 3.05) is 0 Å². The quantitative estimate of drug-likeness (QED) is 0.233. The van der Waals surface area contributed by atoms with Crippen LogP contribution in [0.1, 0.15) is 60.9 Å². The van der Waals surface area contributed by atoms with E-state index in [2.05, 4.69) is 24.0 Å². The molecule has 0 amide bonds. The van der Waals surface area contributed by atoms with Crippen LogP contribution < -0.4 is 11.3 Å². The van der Waals surface area contributed by atoms with E-state index in [0.29, 0.717) is 12.2 Å². The molecular weight excluding hydrogens is 527 g/mol. The molecule has 8 heteroatoms. The van der Waals surface area contributed by atoms with E-state index in [9.17, 15) is 9.59 Å². The van der Waals surface area contributed by atoms with Gasteiger partial charge in [-0.3, -0.25) is 18.9 Å². The summed E-state index contributed by atoms with van der Waals surface area (Å²) in [6.45, 7) is 6.13. The Hall–Kier alpha value is -2.88. The number of hydrogen-bond donors (Lipinski definition) is 1. The molecule has 5 rings (SSSR count). The third-order valence-corrected chi connectivity index (χ3v) is 7.18. The number of benzene rings is 3. The predicted molar refractivity (Wildman–Crippen MR) is 159 cm³/mol. The Kier molecular flexibility index (Phi) is 10.3. The Balaban J connectivity index is 0.00000370. The molecular formula is C32H32KN4O3. The zero-order chi connectivity index (χ0) is 27.4. The first kappa shape index (κ1) is 30.1. The minimum atomic E-state index is -0.590. The van der Waals surface area contributed by atoms with Crippen molar-refractivity contribution in [2.24, 2.45) is 0 Å². The summed E-state index contributed by atoms with van der Waals surface area (Å²) in [5.41, 5.74) is 6.45. The second kappa shape index (κ2) is 13.7. The largest absolute Gasteiger partial charge is 0.439 e. The molecule has 1 unspecified atom stereocenters. The standard InChI is InChI=1S/C32H32N4O3.K/c1-4-5-15-29-28(31(37)36(22(3)33-29)21(2)24-11-7-6-8-12-24)20-23-16-18-25(19-17-23)26-13-9-10-14-27(26)30-34-32(38)39-35-30;/h6-14,16-19,21H,4-5,15,20H2,1-3H3,(H,34,35,38);. The van der Waals surface area contributed by atoms with E-state index >= 15 is 0 Å². The van der Waals surface area contributed by atoms with Crippen LogP contribution in [-0.4, -0.2) is 71.1 Å². The maximum Gasteiger partial charge on any atom is 0.439 e. The van der Waals surface area contributed by atoms with Crippen LogP contribution in [0.25, 0.3) is 22.5 Å². The fourth-order valence-corrected chi connectivity index (χ4v) is 5.09. The first-order valence-electron chi connectivity index (χ1n) is 13.4. The molecule has 40 heavy (non-hydrogen) atoms. The Labute approximate surface area is 276 Å². The molecule has 0 saturated heterocycles. The van der Waals surface area contributed by atoms with Crippen molar-refractivity contribution >= 4 is 51.4 Å². The van der Waals surface area contributed by atoms with Crippen molar-refractivity contribution in [1.29, 1.82) is 0 Å². The van der Waals surface area contributed by atoms with Crippen molar-refractivity contribution in [2.45, 2.75) is 52.5 Å². The summed E-state index contributed by atoms with van der Waals surface area (Å²) < 4.78 is 6.53. The van der Waals surface area contributed by atoms with Gasteiger partial charge in [-0.2, -0.15) is 0 Å². The number of hydrogen-bond acceptors (Lipinski definition) is 5. The Morgan fingerprint density at radius 1 is 0.925 bits per heavy atom. The van der Waals surface area contributed by atoms with Crippen LogP contribution in [-0.2, 0) is 12.8 Å². The fourth-order valence-electron chi connectivity index (χ4n) is 5.09. The van der Waals surface area contributed by atoms with Gasteiger partial charge in [-0.25, -0.2) is 9.78 Å². The number of rotatable bonds is 9. The molecule has 0 fully saturated rings. The van der Waals surface area contributed by atoms with Crippen molar-refractivity contribution in [3.63, 3.8) is 0 Å². The molecule has 5 aromatic rings. The van der Waals surface area contributed by atoms with Gasteiger partial charge in [-0.15, -0.1) is 0 Å². The van der Waals surface area contributed by atoms with Crippen molar-refractivity contribution in [1.82, 2.24) is 19.7 Å². The van der Waals surface area contributed by atoms with Crippen molar-refractivity contribution in [3.05, 3.63) is 128 Å². The average Bonchev–Trinajstić information content (AvgIpc) is 3.40. The van der Waals surface area contributed by atoms with Crippen LogP contribution in [0.5, 0.6) is 0 Å². The van der Waals surface area contributed by atoms with Crippen LogP contribution in [0.15, 0.2) is 93.0 Å². The van der Waals surface area contributed by atoms with Gasteiger partial charge < -0.3 is 0 Å². The summed E-state index contributed by atoms with van der Waals surface area (Å²) >= 11 is 0. The number of aryl methyl sites for hydroxylation is 2. The molecule has 7 nitrogen and oxygen atoms in total. The zero-order valence-electron chi connectivity index (χ0n) is 23.5. The van der Waals surface area contributed by atoms with Gasteiger partial charge in [0.15, 0.2) is 5.82 Å². The van der Waals surface area contributed by atoms with Gasteiger partial charge in [0, 0.05) is 68.9 Å². The number of nitrogens with one attached hydrogen (secondary N) is 1. The molecule has 0 saturated carbocycles. The van der Waals surface area contributed by atoms with Gasteiger partial charge in [-0.1, -0.05) is 97.4 Å². The minimum Gasteiger partial charge on any atom is -0.296 e. The Morgan fingerprint density at radius 3 is 2.25 bits per heavy atom. The Morgan fingerprint density at radius 2 is 1.60 bits per heavy atom. The van der Waals surface area contributed by atoms with E-state index in [1.165, 1.54) is 0 Å². The minimum absolute atomic E-state index is 0. The van der Waals surface area contributed by atoms with Gasteiger partial charge in [0.2, 0.25) is 0 Å². The number of nitrogens with zero attached hydrogens (tertiary/aromatic N) is 3. The topological polar surface area (TPSA) is 93.8 Å². The van der Waals surface area contributed by atoms with Crippen molar-refractivity contribution in [3.8, 4) is 22.5 Å². The predicted octanol–water partition coefficient (Wildman–Crippen LogP) is 5.72. The number of aromatic amines is 1. The first-order valence-corrected chi connectivity index (χ1v) is 13.4. The summed E-state index contributed by atoms with van der Waals surface area (Å²) in [5, 5.41) is 3.85. The Bertz CT molecular complexity index is 1690. The molecule has 199 valence electrons. The van der Waals surface area contributed by atoms with E-state index in [-0.39, 0.29) is 63.0 Å². The molecule has 2 heterocycles. The van der Waals surface area contributed by atoms with Crippen molar-refractivity contribution < 1.29 is 4.52 Å². The van der Waals surface area contributed by atoms with Crippen LogP contribution in [0.4, 0.5) is 0 Å². The normalized spacial score (nSPS) is 11.7.